The van der Waals surface area contributed by atoms with Crippen molar-refractivity contribution in [2.75, 3.05) is 38.6 Å². The van der Waals surface area contributed by atoms with Gasteiger partial charge in [-0.2, -0.15) is 0 Å². The number of carbonyl (C=O) groups is 1. The summed E-state index contributed by atoms with van der Waals surface area (Å²) in [7, 11) is 3.91. The van der Waals surface area contributed by atoms with Crippen LogP contribution >= 0.6 is 0 Å². The summed E-state index contributed by atoms with van der Waals surface area (Å²) in [6.45, 7) is 7.28. The van der Waals surface area contributed by atoms with E-state index in [1.807, 2.05) is 32.0 Å². The van der Waals surface area contributed by atoms with E-state index in [2.05, 4.69) is 23.8 Å². The molecule has 1 aromatic heterocycles. The number of hydrogen-bond donors (Lipinski definition) is 1. The standard InChI is InChI=1S/C14H24N4O2/c1-10(2)12-8-11(3)15-14(16-12)18(9-13(19)20)7-6-17(4)5/h8,10H,6-7,9H2,1-5H3,(H,19,20). The zero-order valence-electron chi connectivity index (χ0n) is 12.9. The fourth-order valence-electron chi connectivity index (χ4n) is 1.75. The molecule has 1 N–H and O–H groups in total. The van der Waals surface area contributed by atoms with Gasteiger partial charge in [0.15, 0.2) is 0 Å². The molecule has 0 unspecified atom stereocenters. The number of carboxylic acids is 1. The van der Waals surface area contributed by atoms with Crippen LogP contribution in [0.3, 0.4) is 0 Å². The van der Waals surface area contributed by atoms with Gasteiger partial charge in [-0.25, -0.2) is 9.97 Å². The van der Waals surface area contributed by atoms with Gasteiger partial charge in [0.1, 0.15) is 6.54 Å². The minimum Gasteiger partial charge on any atom is -0.480 e. The monoisotopic (exact) mass is 280 g/mol. The SMILES string of the molecule is Cc1cc(C(C)C)nc(N(CCN(C)C)CC(=O)O)n1. The maximum absolute atomic E-state index is 11.0. The summed E-state index contributed by atoms with van der Waals surface area (Å²) in [6, 6.07) is 1.94. The largest absolute Gasteiger partial charge is 0.480 e. The molecule has 0 aliphatic heterocycles. The molecule has 1 aromatic rings. The van der Waals surface area contributed by atoms with Crippen molar-refractivity contribution in [1.29, 1.82) is 0 Å². The summed E-state index contributed by atoms with van der Waals surface area (Å²) >= 11 is 0. The summed E-state index contributed by atoms with van der Waals surface area (Å²) in [5.74, 6) is -0.0890. The molecule has 0 aliphatic rings. The van der Waals surface area contributed by atoms with Gasteiger partial charge in [0, 0.05) is 24.5 Å². The molecule has 0 radical (unpaired) electrons. The van der Waals surface area contributed by atoms with Gasteiger partial charge < -0.3 is 14.9 Å². The molecule has 0 aliphatic carbocycles. The summed E-state index contributed by atoms with van der Waals surface area (Å²) in [5.41, 5.74) is 1.80. The van der Waals surface area contributed by atoms with E-state index in [0.717, 1.165) is 17.9 Å². The number of likely N-dealkylation sites (N-methyl/N-ethyl adjacent to an activating group) is 1. The number of anilines is 1. The van der Waals surface area contributed by atoms with Gasteiger partial charge in [-0.3, -0.25) is 4.79 Å². The highest BCUT2D eigenvalue weighted by Gasteiger charge is 2.16. The maximum Gasteiger partial charge on any atom is 0.323 e. The van der Waals surface area contributed by atoms with E-state index in [1.165, 1.54) is 0 Å². The first-order valence-electron chi connectivity index (χ1n) is 6.76. The predicted molar refractivity (Wildman–Crippen MR) is 79.3 cm³/mol. The molecule has 1 heterocycles. The zero-order chi connectivity index (χ0) is 15.3. The lowest BCUT2D eigenvalue weighted by molar-refractivity contribution is -0.135. The van der Waals surface area contributed by atoms with E-state index in [9.17, 15) is 4.79 Å². The number of carboxylic acid groups (broad SMARTS) is 1. The van der Waals surface area contributed by atoms with Crippen LogP contribution < -0.4 is 4.90 Å². The molecule has 0 saturated heterocycles. The second-order valence-electron chi connectivity index (χ2n) is 5.51. The molecule has 112 valence electrons. The van der Waals surface area contributed by atoms with Gasteiger partial charge in [0.05, 0.1) is 0 Å². The number of nitrogens with zero attached hydrogens (tertiary/aromatic N) is 4. The normalized spacial score (nSPS) is 11.2. The number of aromatic nitrogens is 2. The molecule has 0 atom stereocenters. The molecule has 0 spiro atoms. The highest BCUT2D eigenvalue weighted by atomic mass is 16.4. The van der Waals surface area contributed by atoms with Crippen LogP contribution in [-0.4, -0.2) is 59.7 Å². The predicted octanol–water partition coefficient (Wildman–Crippen LogP) is 1.36. The summed E-state index contributed by atoms with van der Waals surface area (Å²) in [6.07, 6.45) is 0. The van der Waals surface area contributed by atoms with Crippen LogP contribution in [0.5, 0.6) is 0 Å². The van der Waals surface area contributed by atoms with E-state index in [0.29, 0.717) is 12.5 Å². The Morgan fingerprint density at radius 2 is 1.95 bits per heavy atom. The van der Waals surface area contributed by atoms with Crippen molar-refractivity contribution < 1.29 is 9.90 Å². The molecule has 0 fully saturated rings. The van der Waals surface area contributed by atoms with Crippen LogP contribution in [0.4, 0.5) is 5.95 Å². The Labute approximate surface area is 120 Å². The quantitative estimate of drug-likeness (QED) is 0.813. The van der Waals surface area contributed by atoms with Crippen LogP contribution in [0.1, 0.15) is 31.2 Å². The Morgan fingerprint density at radius 1 is 1.30 bits per heavy atom. The van der Waals surface area contributed by atoms with E-state index in [1.54, 1.807) is 4.90 Å². The van der Waals surface area contributed by atoms with Gasteiger partial charge in [0.25, 0.3) is 0 Å². The third-order valence-corrected chi connectivity index (χ3v) is 2.88. The number of rotatable bonds is 7. The lowest BCUT2D eigenvalue weighted by atomic mass is 10.1. The van der Waals surface area contributed by atoms with Gasteiger partial charge in [0.2, 0.25) is 5.95 Å². The van der Waals surface area contributed by atoms with Crippen molar-refractivity contribution in [2.24, 2.45) is 0 Å². The highest BCUT2D eigenvalue weighted by Crippen LogP contribution is 2.16. The fourth-order valence-corrected chi connectivity index (χ4v) is 1.75. The Hall–Kier alpha value is -1.69. The molecule has 6 nitrogen and oxygen atoms in total. The number of aryl methyl sites for hydroxylation is 1. The van der Waals surface area contributed by atoms with Gasteiger partial charge in [-0.1, -0.05) is 13.8 Å². The molecule has 1 rings (SSSR count). The Morgan fingerprint density at radius 3 is 2.45 bits per heavy atom. The topological polar surface area (TPSA) is 69.6 Å². The van der Waals surface area contributed by atoms with Crippen molar-refractivity contribution in [3.05, 3.63) is 17.5 Å². The average Bonchev–Trinajstić information content (AvgIpc) is 2.32. The van der Waals surface area contributed by atoms with Crippen LogP contribution in [0.15, 0.2) is 6.07 Å². The van der Waals surface area contributed by atoms with Crippen molar-refractivity contribution in [3.8, 4) is 0 Å². The fraction of sp³-hybridized carbons (Fsp3) is 0.643. The van der Waals surface area contributed by atoms with Gasteiger partial charge in [-0.05, 0) is 33.0 Å². The molecule has 20 heavy (non-hydrogen) atoms. The van der Waals surface area contributed by atoms with Crippen LogP contribution in [0.2, 0.25) is 0 Å². The van der Waals surface area contributed by atoms with E-state index in [4.69, 9.17) is 5.11 Å². The summed E-state index contributed by atoms with van der Waals surface area (Å²) < 4.78 is 0. The lowest BCUT2D eigenvalue weighted by Gasteiger charge is -2.23. The second-order valence-corrected chi connectivity index (χ2v) is 5.51. The first-order chi connectivity index (χ1) is 9.29. The van der Waals surface area contributed by atoms with Crippen molar-refractivity contribution in [3.63, 3.8) is 0 Å². The third-order valence-electron chi connectivity index (χ3n) is 2.88. The zero-order valence-corrected chi connectivity index (χ0v) is 12.9. The minimum absolute atomic E-state index is 0.0885. The first kappa shape index (κ1) is 16.4. The van der Waals surface area contributed by atoms with Crippen molar-refractivity contribution in [2.45, 2.75) is 26.7 Å². The summed E-state index contributed by atoms with van der Waals surface area (Å²) in [4.78, 5) is 23.6. The third kappa shape index (κ3) is 5.13. The molecule has 0 bridgehead atoms. The molecule has 0 saturated carbocycles. The lowest BCUT2D eigenvalue weighted by Crippen LogP contribution is -2.37. The number of aliphatic carboxylic acids is 1. The molecular formula is C14H24N4O2. The van der Waals surface area contributed by atoms with Gasteiger partial charge >= 0.3 is 5.97 Å². The van der Waals surface area contributed by atoms with Crippen LogP contribution in [0, 0.1) is 6.92 Å². The molecular weight excluding hydrogens is 256 g/mol. The van der Waals surface area contributed by atoms with Gasteiger partial charge in [-0.15, -0.1) is 0 Å². The Bertz CT molecular complexity index is 460. The Kier molecular flexibility index (Phi) is 5.88. The maximum atomic E-state index is 11.0. The second kappa shape index (κ2) is 7.19. The van der Waals surface area contributed by atoms with E-state index in [-0.39, 0.29) is 12.5 Å². The first-order valence-corrected chi connectivity index (χ1v) is 6.76. The molecule has 0 aromatic carbocycles. The molecule has 0 amide bonds. The van der Waals surface area contributed by atoms with E-state index < -0.39 is 5.97 Å². The molecule has 6 heteroatoms. The van der Waals surface area contributed by atoms with Crippen molar-refractivity contribution >= 4 is 11.9 Å². The van der Waals surface area contributed by atoms with E-state index >= 15 is 0 Å². The highest BCUT2D eigenvalue weighted by molar-refractivity contribution is 5.72. The minimum atomic E-state index is -0.875. The van der Waals surface area contributed by atoms with Crippen molar-refractivity contribution in [1.82, 2.24) is 14.9 Å². The Balaban J connectivity index is 3.02. The van der Waals surface area contributed by atoms with Crippen LogP contribution in [-0.2, 0) is 4.79 Å². The summed E-state index contributed by atoms with van der Waals surface area (Å²) in [5, 5.41) is 9.05. The number of hydrogen-bond acceptors (Lipinski definition) is 5. The average molecular weight is 280 g/mol. The van der Waals surface area contributed by atoms with Crippen LogP contribution in [0.25, 0.3) is 0 Å². The smallest absolute Gasteiger partial charge is 0.323 e.